The maximum atomic E-state index is 12.7. The Balaban J connectivity index is 1.98. The van der Waals surface area contributed by atoms with E-state index in [1.807, 2.05) is 13.8 Å². The highest BCUT2D eigenvalue weighted by Gasteiger charge is 2.51. The average molecular weight is 470 g/mol. The van der Waals surface area contributed by atoms with E-state index in [-0.39, 0.29) is 25.3 Å². The summed E-state index contributed by atoms with van der Waals surface area (Å²) in [4.78, 5) is 18.8. The standard InChI is InChI=1S/C19H31N6O6P/c1-6-7-28-15-14(31-32(26,27)11(4)5)12(8-29-10(2)3)30-18(15)25-9-22-13-16(20)23-19(21)24-17(13)25/h1,9-12,14-16,18H,7-8,20H2,2-5H3,(H,26,27)(H3,21,23,24)/t12-,14+,15?,16?,18-/m1/s1. The van der Waals surface area contributed by atoms with Crippen LogP contribution in [0.4, 0.5) is 5.82 Å². The van der Waals surface area contributed by atoms with Crippen LogP contribution in [-0.4, -0.2) is 63.7 Å². The third-order valence-electron chi connectivity index (χ3n) is 5.06. The van der Waals surface area contributed by atoms with Gasteiger partial charge in [-0.25, -0.2) is 9.98 Å². The molecule has 0 aromatic carbocycles. The van der Waals surface area contributed by atoms with Gasteiger partial charge in [0, 0.05) is 0 Å². The molecule has 1 fully saturated rings. The van der Waals surface area contributed by atoms with Gasteiger partial charge in [0.1, 0.15) is 42.6 Å². The van der Waals surface area contributed by atoms with Crippen molar-refractivity contribution in [1.82, 2.24) is 9.55 Å². The summed E-state index contributed by atoms with van der Waals surface area (Å²) < 4.78 is 37.9. The van der Waals surface area contributed by atoms with Crippen molar-refractivity contribution in [1.29, 1.82) is 0 Å². The van der Waals surface area contributed by atoms with Gasteiger partial charge in [-0.15, -0.1) is 6.42 Å². The molecule has 3 heterocycles. The summed E-state index contributed by atoms with van der Waals surface area (Å²) in [6, 6.07) is 0. The van der Waals surface area contributed by atoms with E-state index < -0.39 is 44.0 Å². The molecule has 3 unspecified atom stereocenters. The van der Waals surface area contributed by atoms with E-state index in [4.69, 9.17) is 36.6 Å². The number of guanidine groups is 1. The van der Waals surface area contributed by atoms with Gasteiger partial charge >= 0.3 is 7.60 Å². The molecule has 0 aliphatic carbocycles. The van der Waals surface area contributed by atoms with E-state index in [1.54, 1.807) is 18.4 Å². The second-order valence-corrected chi connectivity index (χ2v) is 10.5. The topological polar surface area (TPSA) is 168 Å². The lowest BCUT2D eigenvalue weighted by atomic mass is 10.1. The molecule has 6 atom stereocenters. The lowest BCUT2D eigenvalue weighted by Gasteiger charge is -2.28. The number of terminal acetylenes is 1. The first-order valence-electron chi connectivity index (χ1n) is 10.3. The Kier molecular flexibility index (Phi) is 7.62. The first-order valence-corrected chi connectivity index (χ1v) is 12.0. The van der Waals surface area contributed by atoms with Crippen molar-refractivity contribution in [2.45, 2.75) is 70.2 Å². The molecule has 0 bridgehead atoms. The number of ether oxygens (including phenoxy) is 3. The fraction of sp³-hybridized carbons (Fsp3) is 0.684. The maximum Gasteiger partial charge on any atom is 0.331 e. The second kappa shape index (κ2) is 9.89. The van der Waals surface area contributed by atoms with Gasteiger partial charge in [-0.1, -0.05) is 19.8 Å². The van der Waals surface area contributed by atoms with E-state index in [0.717, 1.165) is 0 Å². The normalized spacial score (nSPS) is 29.3. The summed E-state index contributed by atoms with van der Waals surface area (Å²) in [6.45, 7) is 7.00. The van der Waals surface area contributed by atoms with Crippen LogP contribution in [0.3, 0.4) is 0 Å². The number of aliphatic imine (C=N–C) groups is 1. The predicted molar refractivity (Wildman–Crippen MR) is 118 cm³/mol. The number of nitrogens with zero attached hydrogens (tertiary/aromatic N) is 3. The highest BCUT2D eigenvalue weighted by molar-refractivity contribution is 7.53. The zero-order chi connectivity index (χ0) is 23.6. The minimum absolute atomic E-state index is 0.0625. The van der Waals surface area contributed by atoms with Crippen LogP contribution in [0.25, 0.3) is 0 Å². The fourth-order valence-corrected chi connectivity index (χ4v) is 4.22. The Bertz CT molecular complexity index is 928. The number of aromatic nitrogens is 2. The quantitative estimate of drug-likeness (QED) is 0.300. The molecule has 1 aromatic heterocycles. The Labute approximate surface area is 187 Å². The third kappa shape index (κ3) is 5.15. The molecule has 2 aliphatic heterocycles. The van der Waals surface area contributed by atoms with Crippen molar-refractivity contribution in [3.05, 3.63) is 12.0 Å². The van der Waals surface area contributed by atoms with Crippen LogP contribution in [0, 0.1) is 12.3 Å². The van der Waals surface area contributed by atoms with Crippen molar-refractivity contribution in [3.8, 4) is 12.3 Å². The number of fused-ring (bicyclic) bond motifs is 1. The molecule has 13 heteroatoms. The van der Waals surface area contributed by atoms with Gasteiger partial charge in [-0.2, -0.15) is 0 Å². The SMILES string of the molecule is C#CCOC1[C@@H](OP(=O)(O)C(C)C)[C@@H](COC(C)C)O[C@H]1n1cnc2c1NC(N)=NC2N. The van der Waals surface area contributed by atoms with Crippen LogP contribution < -0.4 is 16.8 Å². The van der Waals surface area contributed by atoms with Crippen LogP contribution >= 0.6 is 7.60 Å². The van der Waals surface area contributed by atoms with Gasteiger partial charge in [-0.05, 0) is 13.8 Å². The van der Waals surface area contributed by atoms with Crippen molar-refractivity contribution in [3.63, 3.8) is 0 Å². The van der Waals surface area contributed by atoms with Gasteiger partial charge in [0.15, 0.2) is 12.2 Å². The Morgan fingerprint density at radius 2 is 2.12 bits per heavy atom. The molecular formula is C19H31N6O6P. The molecule has 32 heavy (non-hydrogen) atoms. The van der Waals surface area contributed by atoms with E-state index in [0.29, 0.717) is 11.5 Å². The largest absolute Gasteiger partial charge is 0.376 e. The zero-order valence-electron chi connectivity index (χ0n) is 18.5. The molecule has 6 N–H and O–H groups in total. The molecule has 12 nitrogen and oxygen atoms in total. The summed E-state index contributed by atoms with van der Waals surface area (Å²) in [5, 5.41) is 2.93. The Morgan fingerprint density at radius 1 is 1.41 bits per heavy atom. The Hall–Kier alpha value is -1.97. The second-order valence-electron chi connectivity index (χ2n) is 8.12. The molecule has 0 spiro atoms. The predicted octanol–water partition coefficient (Wildman–Crippen LogP) is 0.900. The van der Waals surface area contributed by atoms with Crippen molar-refractivity contribution in [2.75, 3.05) is 18.5 Å². The monoisotopic (exact) mass is 470 g/mol. The Morgan fingerprint density at radius 3 is 2.75 bits per heavy atom. The minimum atomic E-state index is -3.98. The summed E-state index contributed by atoms with van der Waals surface area (Å²) in [5.74, 6) is 3.01. The van der Waals surface area contributed by atoms with Crippen molar-refractivity contribution in [2.24, 2.45) is 16.5 Å². The van der Waals surface area contributed by atoms with Crippen LogP contribution in [0.1, 0.15) is 45.8 Å². The van der Waals surface area contributed by atoms with E-state index in [1.165, 1.54) is 6.33 Å². The third-order valence-corrected chi connectivity index (χ3v) is 6.92. The molecule has 0 amide bonds. The van der Waals surface area contributed by atoms with Crippen LogP contribution in [-0.2, 0) is 23.3 Å². The van der Waals surface area contributed by atoms with Gasteiger partial charge in [0.25, 0.3) is 0 Å². The van der Waals surface area contributed by atoms with Gasteiger partial charge in [0.05, 0.1) is 24.7 Å². The first-order chi connectivity index (χ1) is 15.0. The molecule has 178 valence electrons. The van der Waals surface area contributed by atoms with Crippen LogP contribution in [0.5, 0.6) is 0 Å². The average Bonchev–Trinajstić information content (AvgIpc) is 3.25. The van der Waals surface area contributed by atoms with Gasteiger partial charge < -0.3 is 35.9 Å². The highest BCUT2D eigenvalue weighted by atomic mass is 31.2. The lowest BCUT2D eigenvalue weighted by molar-refractivity contribution is -0.0791. The number of anilines is 1. The van der Waals surface area contributed by atoms with E-state index in [9.17, 15) is 9.46 Å². The number of imidazole rings is 1. The van der Waals surface area contributed by atoms with Gasteiger partial charge in [-0.3, -0.25) is 13.7 Å². The molecule has 0 saturated carbocycles. The molecule has 3 rings (SSSR count). The van der Waals surface area contributed by atoms with Crippen LogP contribution in [0.15, 0.2) is 11.3 Å². The van der Waals surface area contributed by atoms with E-state index in [2.05, 4.69) is 21.2 Å². The van der Waals surface area contributed by atoms with Crippen molar-refractivity contribution >= 4 is 19.4 Å². The molecular weight excluding hydrogens is 439 g/mol. The smallest absolute Gasteiger partial charge is 0.331 e. The minimum Gasteiger partial charge on any atom is -0.376 e. The molecule has 0 radical (unpaired) electrons. The summed E-state index contributed by atoms with van der Waals surface area (Å²) >= 11 is 0. The number of rotatable bonds is 9. The molecule has 2 aliphatic rings. The van der Waals surface area contributed by atoms with E-state index >= 15 is 0 Å². The van der Waals surface area contributed by atoms with Crippen LogP contribution in [0.2, 0.25) is 0 Å². The summed E-state index contributed by atoms with van der Waals surface area (Å²) in [6.07, 6.45) is 2.76. The van der Waals surface area contributed by atoms with Gasteiger partial charge in [0.2, 0.25) is 0 Å². The maximum absolute atomic E-state index is 12.7. The number of nitrogens with two attached hydrogens (primary N) is 2. The first kappa shape index (κ1) is 24.7. The molecule has 1 aromatic rings. The lowest BCUT2D eigenvalue weighted by Crippen LogP contribution is -2.39. The fourth-order valence-electron chi connectivity index (χ4n) is 3.38. The summed E-state index contributed by atoms with van der Waals surface area (Å²) in [7, 11) is -3.98. The van der Waals surface area contributed by atoms with Crippen molar-refractivity contribution < 1.29 is 28.2 Å². The molecule has 1 saturated heterocycles. The number of hydrogen-bond donors (Lipinski definition) is 4. The highest BCUT2D eigenvalue weighted by Crippen LogP contribution is 2.52. The number of nitrogens with one attached hydrogen (secondary N) is 1. The number of hydrogen-bond acceptors (Lipinski definition) is 10. The summed E-state index contributed by atoms with van der Waals surface area (Å²) in [5.41, 5.74) is 11.7. The zero-order valence-corrected chi connectivity index (χ0v) is 19.4.